The Kier molecular flexibility index (Phi) is 6.81. The number of allylic oxidation sites excluding steroid dienone is 1. The van der Waals surface area contributed by atoms with Crippen LogP contribution in [0.5, 0.6) is 0 Å². The van der Waals surface area contributed by atoms with Crippen LogP contribution in [0.15, 0.2) is 89.5 Å². The van der Waals surface area contributed by atoms with Crippen molar-refractivity contribution < 1.29 is 22.4 Å². The minimum atomic E-state index is -4.09. The number of hydrogen-bond acceptors (Lipinski definition) is 5. The second-order valence-electron chi connectivity index (χ2n) is 8.26. The lowest BCUT2D eigenvalue weighted by Crippen LogP contribution is -2.43. The van der Waals surface area contributed by atoms with Gasteiger partial charge in [0.05, 0.1) is 10.6 Å². The molecule has 0 aromatic heterocycles. The normalized spacial score (nSPS) is 14.6. The SMILES string of the molecule is CN(C)CCN1C(C(=O)c2ccccc2)=C(NC(=O)c2ccc(F)cc2)c2ccccc2S1(=O)=O. The highest BCUT2D eigenvalue weighted by Gasteiger charge is 2.40. The third kappa shape index (κ3) is 4.87. The first-order valence-electron chi connectivity index (χ1n) is 10.9. The van der Waals surface area contributed by atoms with E-state index in [9.17, 15) is 22.4 Å². The van der Waals surface area contributed by atoms with Gasteiger partial charge in [-0.3, -0.25) is 13.9 Å². The Bertz CT molecular complexity index is 1400. The number of hydrogen-bond donors (Lipinski definition) is 1. The molecule has 4 rings (SSSR count). The summed E-state index contributed by atoms with van der Waals surface area (Å²) in [5, 5.41) is 2.74. The van der Waals surface area contributed by atoms with Gasteiger partial charge in [-0.15, -0.1) is 0 Å². The minimum absolute atomic E-state index is 0.00646. The summed E-state index contributed by atoms with van der Waals surface area (Å²) < 4.78 is 41.8. The second kappa shape index (κ2) is 9.81. The number of fused-ring (bicyclic) bond motifs is 1. The fourth-order valence-electron chi connectivity index (χ4n) is 3.78. The average molecular weight is 494 g/mol. The van der Waals surface area contributed by atoms with Crippen molar-refractivity contribution >= 4 is 27.4 Å². The summed E-state index contributed by atoms with van der Waals surface area (Å²) in [5.41, 5.74) is 0.588. The number of rotatable bonds is 7. The maximum Gasteiger partial charge on any atom is 0.265 e. The lowest BCUT2D eigenvalue weighted by molar-refractivity contribution is 0.0972. The van der Waals surface area contributed by atoms with E-state index in [4.69, 9.17) is 0 Å². The zero-order valence-electron chi connectivity index (χ0n) is 19.2. The summed E-state index contributed by atoms with van der Waals surface area (Å²) in [7, 11) is -0.501. The molecule has 0 saturated carbocycles. The molecular weight excluding hydrogens is 469 g/mol. The first-order valence-corrected chi connectivity index (χ1v) is 12.3. The van der Waals surface area contributed by atoms with Gasteiger partial charge in [-0.1, -0.05) is 48.5 Å². The van der Waals surface area contributed by atoms with Crippen LogP contribution in [0, 0.1) is 5.82 Å². The van der Waals surface area contributed by atoms with E-state index in [1.807, 2.05) is 0 Å². The number of halogens is 1. The molecule has 1 aliphatic heterocycles. The number of carbonyl (C=O) groups is 2. The number of carbonyl (C=O) groups excluding carboxylic acids is 2. The van der Waals surface area contributed by atoms with Crippen LogP contribution in [0.25, 0.3) is 5.70 Å². The molecule has 1 aliphatic rings. The minimum Gasteiger partial charge on any atom is -0.319 e. The maximum absolute atomic E-state index is 13.7. The number of ketones is 1. The molecule has 0 bridgehead atoms. The van der Waals surface area contributed by atoms with E-state index in [1.54, 1.807) is 67.5 Å². The Morgan fingerprint density at radius 1 is 0.886 bits per heavy atom. The Hall–Kier alpha value is -3.82. The molecule has 0 atom stereocenters. The highest BCUT2D eigenvalue weighted by atomic mass is 32.2. The molecule has 0 aliphatic carbocycles. The van der Waals surface area contributed by atoms with E-state index < -0.39 is 27.5 Å². The summed E-state index contributed by atoms with van der Waals surface area (Å²) in [5.74, 6) is -1.64. The van der Waals surface area contributed by atoms with Crippen LogP contribution in [0.1, 0.15) is 26.3 Å². The maximum atomic E-state index is 13.7. The van der Waals surface area contributed by atoms with Crippen LogP contribution in [0.3, 0.4) is 0 Å². The predicted molar refractivity (Wildman–Crippen MR) is 130 cm³/mol. The lowest BCUT2D eigenvalue weighted by atomic mass is 10.0. The van der Waals surface area contributed by atoms with Crippen LogP contribution in [-0.4, -0.2) is 56.5 Å². The molecule has 35 heavy (non-hydrogen) atoms. The zero-order chi connectivity index (χ0) is 25.2. The number of nitrogens with zero attached hydrogens (tertiary/aromatic N) is 2. The quantitative estimate of drug-likeness (QED) is 0.510. The van der Waals surface area contributed by atoms with Crippen molar-refractivity contribution in [2.45, 2.75) is 4.90 Å². The third-order valence-corrected chi connectivity index (χ3v) is 7.41. The topological polar surface area (TPSA) is 86.8 Å². The molecule has 9 heteroatoms. The Labute approximate surface area is 203 Å². The van der Waals surface area contributed by atoms with E-state index in [0.29, 0.717) is 6.54 Å². The molecule has 0 radical (unpaired) electrons. The lowest BCUT2D eigenvalue weighted by Gasteiger charge is -2.34. The molecule has 0 fully saturated rings. The summed E-state index contributed by atoms with van der Waals surface area (Å²) in [4.78, 5) is 28.7. The molecule has 0 spiro atoms. The number of likely N-dealkylation sites (N-methyl/N-ethyl adjacent to an activating group) is 1. The third-order valence-electron chi connectivity index (χ3n) is 5.56. The van der Waals surface area contributed by atoms with Crippen LogP contribution in [0.4, 0.5) is 4.39 Å². The van der Waals surface area contributed by atoms with Gasteiger partial charge in [-0.2, -0.15) is 0 Å². The highest BCUT2D eigenvalue weighted by Crippen LogP contribution is 2.37. The standard InChI is InChI=1S/C26H24FN3O4S/c1-29(2)16-17-30-24(25(31)18-8-4-3-5-9-18)23(21-10-6-7-11-22(21)35(30,33)34)28-26(32)19-12-14-20(27)15-13-19/h3-15H,16-17H2,1-2H3,(H,28,32). The zero-order valence-corrected chi connectivity index (χ0v) is 20.0. The number of sulfonamides is 1. The molecule has 0 unspecified atom stereocenters. The van der Waals surface area contributed by atoms with Gasteiger partial charge in [0.25, 0.3) is 15.9 Å². The van der Waals surface area contributed by atoms with Gasteiger partial charge in [-0.25, -0.2) is 12.8 Å². The highest BCUT2D eigenvalue weighted by molar-refractivity contribution is 7.89. The van der Waals surface area contributed by atoms with Gasteiger partial charge in [0.15, 0.2) is 0 Å². The van der Waals surface area contributed by atoms with Crippen molar-refractivity contribution in [3.05, 3.63) is 107 Å². The summed E-state index contributed by atoms with van der Waals surface area (Å²) in [6.45, 7) is 0.333. The fourth-order valence-corrected chi connectivity index (χ4v) is 5.45. The molecule has 1 N–H and O–H groups in total. The van der Waals surface area contributed by atoms with Crippen molar-refractivity contribution in [2.75, 3.05) is 27.2 Å². The molecule has 180 valence electrons. The van der Waals surface area contributed by atoms with Gasteiger partial charge in [0.1, 0.15) is 11.5 Å². The fraction of sp³-hybridized carbons (Fsp3) is 0.154. The monoisotopic (exact) mass is 493 g/mol. The van der Waals surface area contributed by atoms with Gasteiger partial charge >= 0.3 is 0 Å². The molecule has 1 heterocycles. The van der Waals surface area contributed by atoms with Gasteiger partial charge in [0, 0.05) is 29.8 Å². The largest absolute Gasteiger partial charge is 0.319 e. The van der Waals surface area contributed by atoms with Gasteiger partial charge in [-0.05, 0) is 44.4 Å². The smallest absolute Gasteiger partial charge is 0.265 e. The van der Waals surface area contributed by atoms with Crippen LogP contribution in [0.2, 0.25) is 0 Å². The van der Waals surface area contributed by atoms with Crippen molar-refractivity contribution in [1.29, 1.82) is 0 Å². The molecule has 0 saturated heterocycles. The molecule has 7 nitrogen and oxygen atoms in total. The molecular formula is C26H24FN3O4S. The summed E-state index contributed by atoms with van der Waals surface area (Å²) in [6, 6.07) is 19.5. The van der Waals surface area contributed by atoms with Gasteiger partial charge < -0.3 is 10.2 Å². The molecule has 1 amide bonds. The number of Topliss-reactive ketones (excluding diaryl/α,β-unsaturated/α-hetero) is 1. The Balaban J connectivity index is 1.94. The second-order valence-corrected chi connectivity index (χ2v) is 10.1. The predicted octanol–water partition coefficient (Wildman–Crippen LogP) is 3.37. The van der Waals surface area contributed by atoms with E-state index in [1.165, 1.54) is 18.2 Å². The van der Waals surface area contributed by atoms with Crippen molar-refractivity contribution in [3.8, 4) is 0 Å². The van der Waals surface area contributed by atoms with Crippen LogP contribution >= 0.6 is 0 Å². The van der Waals surface area contributed by atoms with Gasteiger partial charge in [0.2, 0.25) is 5.78 Å². The number of nitrogens with one attached hydrogen (secondary N) is 1. The number of benzene rings is 3. The van der Waals surface area contributed by atoms with E-state index in [-0.39, 0.29) is 39.5 Å². The van der Waals surface area contributed by atoms with Crippen molar-refractivity contribution in [3.63, 3.8) is 0 Å². The van der Waals surface area contributed by atoms with Crippen molar-refractivity contribution in [2.24, 2.45) is 0 Å². The molecule has 3 aromatic carbocycles. The Morgan fingerprint density at radius 3 is 2.17 bits per heavy atom. The molecule has 3 aromatic rings. The summed E-state index contributed by atoms with van der Waals surface area (Å²) >= 11 is 0. The van der Waals surface area contributed by atoms with E-state index in [2.05, 4.69) is 5.32 Å². The van der Waals surface area contributed by atoms with Crippen molar-refractivity contribution in [1.82, 2.24) is 14.5 Å². The first kappa shape index (κ1) is 24.3. The van der Waals surface area contributed by atoms with E-state index >= 15 is 0 Å². The first-order chi connectivity index (χ1) is 16.7. The summed E-state index contributed by atoms with van der Waals surface area (Å²) in [6.07, 6.45) is 0. The van der Waals surface area contributed by atoms with E-state index in [0.717, 1.165) is 16.4 Å². The van der Waals surface area contributed by atoms with Crippen LogP contribution in [-0.2, 0) is 10.0 Å². The Morgan fingerprint density at radius 2 is 1.51 bits per heavy atom. The number of amides is 1. The average Bonchev–Trinajstić information content (AvgIpc) is 2.85. The van der Waals surface area contributed by atoms with Crippen LogP contribution < -0.4 is 5.32 Å².